The van der Waals surface area contributed by atoms with Crippen LogP contribution in [0.15, 0.2) is 30.5 Å². The van der Waals surface area contributed by atoms with Gasteiger partial charge in [-0.1, -0.05) is 12.1 Å². The molecule has 58 valence electrons. The van der Waals surface area contributed by atoms with Crippen molar-refractivity contribution in [3.8, 4) is 0 Å². The average molecular weight is 238 g/mol. The van der Waals surface area contributed by atoms with E-state index in [1.807, 2.05) is 6.07 Å². The molecule has 4 heteroatoms. The van der Waals surface area contributed by atoms with Crippen LogP contribution in [-0.4, -0.2) is 23.1 Å². The first-order chi connectivity index (χ1) is 4.86. The molecule has 0 saturated carbocycles. The Balaban J connectivity index is 0.000000605. The summed E-state index contributed by atoms with van der Waals surface area (Å²) in [5.74, 6) is -0.230. The van der Waals surface area contributed by atoms with E-state index in [1.165, 1.54) is 12.1 Å². The van der Waals surface area contributed by atoms with Crippen LogP contribution in [0.4, 0.5) is 4.39 Å². The molecule has 0 spiro atoms. The number of nitrogens with zero attached hydrogens (tertiary/aromatic N) is 1. The second-order valence-corrected chi connectivity index (χ2v) is 2.15. The van der Waals surface area contributed by atoms with E-state index in [2.05, 4.69) is 4.98 Å². The molecule has 1 aromatic carbocycles. The van der Waals surface area contributed by atoms with E-state index >= 15 is 0 Å². The van der Waals surface area contributed by atoms with Gasteiger partial charge in [-0.05, 0) is 17.5 Å². The van der Waals surface area contributed by atoms with Gasteiger partial charge in [0.2, 0.25) is 0 Å². The summed E-state index contributed by atoms with van der Waals surface area (Å²) in [6.45, 7) is 0. The Hall–Kier alpha value is -0.0638. The summed E-state index contributed by atoms with van der Waals surface area (Å²) in [5.41, 5.74) is 0.722. The number of rotatable bonds is 0. The van der Waals surface area contributed by atoms with E-state index in [1.54, 1.807) is 12.3 Å². The fourth-order valence-corrected chi connectivity index (χ4v) is 0.967. The van der Waals surface area contributed by atoms with Crippen LogP contribution in [0.3, 0.4) is 0 Å². The summed E-state index contributed by atoms with van der Waals surface area (Å²) < 4.78 is 12.5. The third-order valence-corrected chi connectivity index (χ3v) is 1.46. The molecule has 0 aliphatic carbocycles. The number of halogens is 2. The Morgan fingerprint density at radius 2 is 1.92 bits per heavy atom. The molecule has 0 atom stereocenters. The molecule has 0 aliphatic heterocycles. The molecule has 2 rings (SSSR count). The molecule has 0 bridgehead atoms. The van der Waals surface area contributed by atoms with Crippen LogP contribution in [0.25, 0.3) is 10.9 Å². The predicted molar refractivity (Wildman–Crippen MR) is 43.0 cm³/mol. The average Bonchev–Trinajstić information content (AvgIpc) is 2.33. The van der Waals surface area contributed by atoms with Gasteiger partial charge in [0.05, 0.1) is 0 Å². The van der Waals surface area contributed by atoms with Crippen molar-refractivity contribution in [2.24, 2.45) is 0 Å². The zero-order chi connectivity index (χ0) is 6.97. The maximum Gasteiger partial charge on any atom is 2.00 e. The third-order valence-electron chi connectivity index (χ3n) is 1.46. The fraction of sp³-hybridized carbons (Fsp3) is 0. The van der Waals surface area contributed by atoms with Crippen molar-refractivity contribution in [3.63, 3.8) is 0 Å². The summed E-state index contributed by atoms with van der Waals surface area (Å²) >= 11 is 0. The maximum atomic E-state index is 12.5. The second-order valence-electron chi connectivity index (χ2n) is 2.15. The second kappa shape index (κ2) is 4.84. The summed E-state index contributed by atoms with van der Waals surface area (Å²) in [4.78, 5) is 3.94. The molecule has 0 radical (unpaired) electrons. The quantitative estimate of drug-likeness (QED) is 0.513. The molecule has 2 aromatic rings. The van der Waals surface area contributed by atoms with Gasteiger partial charge in [-0.15, -0.1) is 5.52 Å². The minimum Gasteiger partial charge on any atom is -1.00 e. The standard InChI is InChI=1S/C8H5FN.BrH.Mg/c9-7-2-1-6-3-4-10-8(6)5-7;;/h1-5H;1H;/q-1;;+2/p-1. The Bertz CT molecular complexity index is 361. The van der Waals surface area contributed by atoms with Gasteiger partial charge in [-0.25, -0.2) is 4.39 Å². The van der Waals surface area contributed by atoms with E-state index < -0.39 is 0 Å². The minimum atomic E-state index is -0.230. The molecule has 0 N–H and O–H groups in total. The van der Waals surface area contributed by atoms with Crippen molar-refractivity contribution in [3.05, 3.63) is 36.3 Å². The van der Waals surface area contributed by atoms with Crippen LogP contribution < -0.4 is 22.0 Å². The zero-order valence-electron chi connectivity index (χ0n) is 6.30. The van der Waals surface area contributed by atoms with Gasteiger partial charge in [0.15, 0.2) is 0 Å². The van der Waals surface area contributed by atoms with E-state index in [-0.39, 0.29) is 45.9 Å². The SMILES string of the molecule is Fc1ccc2cc[n-]c2c1.[Br-].[Mg+2]. The molecule has 1 heterocycles. The van der Waals surface area contributed by atoms with Gasteiger partial charge in [-0.2, -0.15) is 6.20 Å². The summed E-state index contributed by atoms with van der Waals surface area (Å²) in [7, 11) is 0. The van der Waals surface area contributed by atoms with Crippen LogP contribution in [0.1, 0.15) is 0 Å². The van der Waals surface area contributed by atoms with Crippen molar-refractivity contribution >= 4 is 34.0 Å². The van der Waals surface area contributed by atoms with Crippen molar-refractivity contribution < 1.29 is 21.4 Å². The third kappa shape index (κ3) is 2.21. The Morgan fingerprint density at radius 3 is 2.67 bits per heavy atom. The molecule has 0 saturated heterocycles. The van der Waals surface area contributed by atoms with Crippen molar-refractivity contribution in [1.29, 1.82) is 0 Å². The Labute approximate surface area is 96.3 Å². The smallest absolute Gasteiger partial charge is 1.00 e. The molecule has 0 unspecified atom stereocenters. The first kappa shape index (κ1) is 11.9. The number of fused-ring (bicyclic) bond motifs is 1. The molecule has 1 aromatic heterocycles. The molecule has 0 aliphatic rings. The summed E-state index contributed by atoms with van der Waals surface area (Å²) in [5, 5.41) is 0.987. The summed E-state index contributed by atoms with van der Waals surface area (Å²) in [6, 6.07) is 6.44. The van der Waals surface area contributed by atoms with E-state index in [0.717, 1.165) is 10.9 Å². The first-order valence-corrected chi connectivity index (χ1v) is 3.03. The topological polar surface area (TPSA) is 14.1 Å². The van der Waals surface area contributed by atoms with Crippen molar-refractivity contribution in [1.82, 2.24) is 4.98 Å². The van der Waals surface area contributed by atoms with Gasteiger partial charge in [0.1, 0.15) is 5.82 Å². The number of hydrogen-bond acceptors (Lipinski definition) is 0. The predicted octanol–water partition coefficient (Wildman–Crippen LogP) is -1.44. The number of benzene rings is 1. The molecule has 1 nitrogen and oxygen atoms in total. The van der Waals surface area contributed by atoms with Crippen molar-refractivity contribution in [2.45, 2.75) is 0 Å². The van der Waals surface area contributed by atoms with Crippen LogP contribution >= 0.6 is 0 Å². The number of hydrogen-bond donors (Lipinski definition) is 0. The fourth-order valence-electron chi connectivity index (χ4n) is 0.967. The van der Waals surface area contributed by atoms with Crippen LogP contribution in [-0.2, 0) is 0 Å². The van der Waals surface area contributed by atoms with Gasteiger partial charge in [0, 0.05) is 0 Å². The van der Waals surface area contributed by atoms with Crippen LogP contribution in [0.5, 0.6) is 0 Å². The number of aromatic nitrogens is 1. The van der Waals surface area contributed by atoms with Gasteiger partial charge < -0.3 is 22.0 Å². The monoisotopic (exact) mass is 237 g/mol. The minimum absolute atomic E-state index is 0. The summed E-state index contributed by atoms with van der Waals surface area (Å²) in [6.07, 6.45) is 1.67. The Morgan fingerprint density at radius 1 is 1.17 bits per heavy atom. The van der Waals surface area contributed by atoms with Gasteiger partial charge in [-0.3, -0.25) is 0 Å². The first-order valence-electron chi connectivity index (χ1n) is 3.03. The molecular formula is C8H5BrFMgN. The van der Waals surface area contributed by atoms with E-state index in [4.69, 9.17) is 0 Å². The molecule has 0 fully saturated rings. The van der Waals surface area contributed by atoms with E-state index in [0.29, 0.717) is 0 Å². The van der Waals surface area contributed by atoms with Crippen LogP contribution in [0, 0.1) is 5.82 Å². The molecular weight excluding hydrogens is 233 g/mol. The van der Waals surface area contributed by atoms with Gasteiger partial charge in [0.25, 0.3) is 0 Å². The Kier molecular flexibility index (Phi) is 4.81. The van der Waals surface area contributed by atoms with Gasteiger partial charge >= 0.3 is 23.1 Å². The van der Waals surface area contributed by atoms with Crippen LogP contribution in [0.2, 0.25) is 0 Å². The van der Waals surface area contributed by atoms with Crippen molar-refractivity contribution in [2.75, 3.05) is 0 Å². The zero-order valence-corrected chi connectivity index (χ0v) is 9.30. The molecule has 0 amide bonds. The normalized spacial score (nSPS) is 8.75. The largest absolute Gasteiger partial charge is 2.00 e. The maximum absolute atomic E-state index is 12.5. The van der Waals surface area contributed by atoms with E-state index in [9.17, 15) is 4.39 Å². The molecule has 12 heavy (non-hydrogen) atoms.